The van der Waals surface area contributed by atoms with Gasteiger partial charge in [0.15, 0.2) is 0 Å². The summed E-state index contributed by atoms with van der Waals surface area (Å²) in [5, 5.41) is 0. The smallest absolute Gasteiger partial charge is 0.302 e. The van der Waals surface area contributed by atoms with E-state index in [1.165, 1.54) is 45.4 Å². The summed E-state index contributed by atoms with van der Waals surface area (Å²) in [4.78, 5) is 23.2. The Labute approximate surface area is 171 Å². The molecule has 0 aliphatic heterocycles. The van der Waals surface area contributed by atoms with Crippen LogP contribution in [-0.4, -0.2) is 18.4 Å². The Balaban J connectivity index is 1.47. The summed E-state index contributed by atoms with van der Waals surface area (Å²) in [7, 11) is 0. The maximum absolute atomic E-state index is 12.1. The zero-order chi connectivity index (χ0) is 20.1. The summed E-state index contributed by atoms with van der Waals surface area (Å²) in [5.74, 6) is 4.99. The molecule has 3 nitrogen and oxygen atoms in total. The molecule has 3 unspecified atom stereocenters. The second-order valence-corrected chi connectivity index (χ2v) is 11.2. The lowest BCUT2D eigenvalue weighted by Crippen LogP contribution is -2.53. The minimum Gasteiger partial charge on any atom is -0.466 e. The van der Waals surface area contributed by atoms with Crippen molar-refractivity contribution < 1.29 is 14.3 Å². The molecule has 8 atom stereocenters. The molecule has 158 valence electrons. The predicted octanol–water partition coefficient (Wildman–Crippen LogP) is 5.80. The zero-order valence-electron chi connectivity index (χ0n) is 18.5. The molecule has 4 aliphatic carbocycles. The van der Waals surface area contributed by atoms with Gasteiger partial charge >= 0.3 is 5.97 Å². The minimum atomic E-state index is -0.154. The highest BCUT2D eigenvalue weighted by molar-refractivity contribution is 5.79. The van der Waals surface area contributed by atoms with Crippen molar-refractivity contribution in [2.75, 3.05) is 6.61 Å². The molecule has 28 heavy (non-hydrogen) atoms. The van der Waals surface area contributed by atoms with Crippen LogP contribution in [-0.2, 0) is 14.3 Å². The van der Waals surface area contributed by atoms with Gasteiger partial charge in [-0.2, -0.15) is 0 Å². The zero-order valence-corrected chi connectivity index (χ0v) is 18.5. The van der Waals surface area contributed by atoms with Crippen LogP contribution in [0.3, 0.4) is 0 Å². The summed E-state index contributed by atoms with van der Waals surface area (Å²) in [6, 6.07) is 0. The SMILES string of the molecule is CC(=O)OCCC(C)C1CC[C@H]2[C@@H]3CCC4CC(=O)CC[C@]4(C)[C@@H]3CC[C@]12C. The molecule has 0 aromatic heterocycles. The maximum atomic E-state index is 12.1. The summed E-state index contributed by atoms with van der Waals surface area (Å²) in [5.41, 5.74) is 0.877. The molecule has 4 rings (SSSR count). The van der Waals surface area contributed by atoms with Gasteiger partial charge in [-0.25, -0.2) is 0 Å². The second-order valence-electron chi connectivity index (χ2n) is 11.2. The van der Waals surface area contributed by atoms with Crippen LogP contribution in [0.25, 0.3) is 0 Å². The van der Waals surface area contributed by atoms with Crippen molar-refractivity contribution in [3.05, 3.63) is 0 Å². The van der Waals surface area contributed by atoms with Crippen LogP contribution < -0.4 is 0 Å². The van der Waals surface area contributed by atoms with Crippen molar-refractivity contribution >= 4 is 11.8 Å². The first kappa shape index (κ1) is 20.4. The number of hydrogen-bond donors (Lipinski definition) is 0. The van der Waals surface area contributed by atoms with Crippen LogP contribution in [0.4, 0.5) is 0 Å². The molecule has 0 spiro atoms. The van der Waals surface area contributed by atoms with E-state index in [-0.39, 0.29) is 5.97 Å². The van der Waals surface area contributed by atoms with Crippen LogP contribution in [0.15, 0.2) is 0 Å². The summed E-state index contributed by atoms with van der Waals surface area (Å²) in [6.45, 7) is 9.60. The fraction of sp³-hybridized carbons (Fsp3) is 0.920. The molecule has 4 aliphatic rings. The van der Waals surface area contributed by atoms with Gasteiger partial charge in [0.2, 0.25) is 0 Å². The average molecular weight is 389 g/mol. The first-order valence-electron chi connectivity index (χ1n) is 11.9. The third-order valence-electron chi connectivity index (χ3n) is 10.1. The minimum absolute atomic E-state index is 0.154. The summed E-state index contributed by atoms with van der Waals surface area (Å²) >= 11 is 0. The van der Waals surface area contributed by atoms with E-state index < -0.39 is 0 Å². The van der Waals surface area contributed by atoms with Crippen LogP contribution in [0.5, 0.6) is 0 Å². The lowest BCUT2D eigenvalue weighted by molar-refractivity contribution is -0.143. The van der Waals surface area contributed by atoms with E-state index in [4.69, 9.17) is 4.74 Å². The van der Waals surface area contributed by atoms with Crippen molar-refractivity contribution in [2.24, 2.45) is 46.3 Å². The number of carbonyl (C=O) groups is 2. The molecule has 0 aromatic rings. The summed E-state index contributed by atoms with van der Waals surface area (Å²) < 4.78 is 5.24. The standard InChI is InChI=1S/C25H40O3/c1-16(11-14-28-17(2)26)21-7-8-22-20-6-5-18-15-19(27)9-12-24(18,3)23(20)10-13-25(21,22)4/h16,18,20-23H,5-15H2,1-4H3/t16?,18?,20-,21?,22-,23+,24-,25+/m0/s1. The lowest BCUT2D eigenvalue weighted by atomic mass is 9.44. The second kappa shape index (κ2) is 7.43. The Hall–Kier alpha value is -0.860. The van der Waals surface area contributed by atoms with E-state index in [0.29, 0.717) is 35.1 Å². The Morgan fingerprint density at radius 1 is 1.07 bits per heavy atom. The van der Waals surface area contributed by atoms with Crippen molar-refractivity contribution in [1.29, 1.82) is 0 Å². The molecule has 3 heteroatoms. The first-order valence-corrected chi connectivity index (χ1v) is 11.9. The van der Waals surface area contributed by atoms with Crippen molar-refractivity contribution in [1.82, 2.24) is 0 Å². The Morgan fingerprint density at radius 3 is 2.57 bits per heavy atom. The van der Waals surface area contributed by atoms with Crippen molar-refractivity contribution in [3.8, 4) is 0 Å². The molecule has 0 saturated heterocycles. The van der Waals surface area contributed by atoms with Crippen LogP contribution >= 0.6 is 0 Å². The van der Waals surface area contributed by atoms with E-state index in [2.05, 4.69) is 20.8 Å². The molecule has 0 radical (unpaired) electrons. The maximum Gasteiger partial charge on any atom is 0.302 e. The third kappa shape index (κ3) is 3.25. The largest absolute Gasteiger partial charge is 0.466 e. The van der Waals surface area contributed by atoms with Crippen LogP contribution in [0.2, 0.25) is 0 Å². The van der Waals surface area contributed by atoms with Gasteiger partial charge < -0.3 is 4.74 Å². The quantitative estimate of drug-likeness (QED) is 0.571. The number of rotatable bonds is 4. The van der Waals surface area contributed by atoms with Crippen LogP contribution in [0, 0.1) is 46.3 Å². The van der Waals surface area contributed by atoms with Gasteiger partial charge in [0.25, 0.3) is 0 Å². The van der Waals surface area contributed by atoms with Gasteiger partial charge in [-0.05, 0) is 97.7 Å². The number of ketones is 1. The fourth-order valence-electron chi connectivity index (χ4n) is 8.61. The van der Waals surface area contributed by atoms with Gasteiger partial charge in [0, 0.05) is 19.8 Å². The van der Waals surface area contributed by atoms with Crippen molar-refractivity contribution in [2.45, 2.75) is 91.9 Å². The number of esters is 1. The molecule has 0 heterocycles. The van der Waals surface area contributed by atoms with E-state index in [9.17, 15) is 9.59 Å². The highest BCUT2D eigenvalue weighted by Crippen LogP contribution is 2.68. The summed E-state index contributed by atoms with van der Waals surface area (Å²) in [6.07, 6.45) is 11.9. The average Bonchev–Trinajstić information content (AvgIpc) is 2.99. The first-order chi connectivity index (χ1) is 13.3. The molecular weight excluding hydrogens is 348 g/mol. The third-order valence-corrected chi connectivity index (χ3v) is 10.1. The van der Waals surface area contributed by atoms with E-state index >= 15 is 0 Å². The Kier molecular flexibility index (Phi) is 5.42. The van der Waals surface area contributed by atoms with E-state index in [1.54, 1.807) is 0 Å². The van der Waals surface area contributed by atoms with Gasteiger partial charge in [-0.1, -0.05) is 20.8 Å². The monoisotopic (exact) mass is 388 g/mol. The van der Waals surface area contributed by atoms with E-state index in [1.807, 2.05) is 0 Å². The molecule has 4 saturated carbocycles. The molecular formula is C25H40O3. The number of Topliss-reactive ketones (excluding diaryl/α,β-unsaturated/α-hetero) is 1. The highest BCUT2D eigenvalue weighted by Gasteiger charge is 2.60. The Morgan fingerprint density at radius 2 is 1.82 bits per heavy atom. The van der Waals surface area contributed by atoms with Gasteiger partial charge in [-0.15, -0.1) is 0 Å². The van der Waals surface area contributed by atoms with Gasteiger partial charge in [-0.3, -0.25) is 9.59 Å². The van der Waals surface area contributed by atoms with Crippen molar-refractivity contribution in [3.63, 3.8) is 0 Å². The van der Waals surface area contributed by atoms with Crippen LogP contribution in [0.1, 0.15) is 91.9 Å². The topological polar surface area (TPSA) is 43.4 Å². The molecule has 0 aromatic carbocycles. The van der Waals surface area contributed by atoms with E-state index in [0.717, 1.165) is 49.4 Å². The lowest BCUT2D eigenvalue weighted by Gasteiger charge is -2.60. The number of ether oxygens (including phenoxy) is 1. The number of hydrogen-bond acceptors (Lipinski definition) is 3. The Bertz CT molecular complexity index is 627. The predicted molar refractivity (Wildman–Crippen MR) is 111 cm³/mol. The van der Waals surface area contributed by atoms with Gasteiger partial charge in [0.1, 0.15) is 5.78 Å². The molecule has 0 amide bonds. The number of carbonyl (C=O) groups excluding carboxylic acids is 2. The van der Waals surface area contributed by atoms with Gasteiger partial charge in [0.05, 0.1) is 6.61 Å². The number of fused-ring (bicyclic) bond motifs is 5. The normalized spacial score (nSPS) is 46.3. The molecule has 4 fully saturated rings. The fourth-order valence-corrected chi connectivity index (χ4v) is 8.61. The molecule has 0 bridgehead atoms. The highest BCUT2D eigenvalue weighted by atomic mass is 16.5. The molecule has 0 N–H and O–H groups in total.